The zero-order valence-electron chi connectivity index (χ0n) is 10.9. The van der Waals surface area contributed by atoms with Crippen LogP contribution >= 0.6 is 23.2 Å². The average molecular weight is 309 g/mol. The van der Waals surface area contributed by atoms with Crippen LogP contribution in [0.5, 0.6) is 0 Å². The summed E-state index contributed by atoms with van der Waals surface area (Å²) >= 11 is 11.7. The zero-order valence-corrected chi connectivity index (χ0v) is 12.4. The van der Waals surface area contributed by atoms with Gasteiger partial charge in [0.1, 0.15) is 5.54 Å². The van der Waals surface area contributed by atoms with E-state index in [2.05, 4.69) is 5.32 Å². The van der Waals surface area contributed by atoms with Crippen molar-refractivity contribution < 1.29 is 4.79 Å². The van der Waals surface area contributed by atoms with Crippen molar-refractivity contribution in [3.8, 4) is 0 Å². The molecule has 0 aromatic heterocycles. The highest BCUT2D eigenvalue weighted by molar-refractivity contribution is 6.42. The Labute approximate surface area is 127 Å². The Kier molecular flexibility index (Phi) is 4.33. The maximum atomic E-state index is 12.3. The molecule has 104 valence electrons. The number of halogens is 2. The van der Waals surface area contributed by atoms with Gasteiger partial charge in [-0.25, -0.2) is 0 Å². The van der Waals surface area contributed by atoms with Crippen LogP contribution in [0.3, 0.4) is 0 Å². The van der Waals surface area contributed by atoms with Crippen LogP contribution in [0.15, 0.2) is 48.5 Å². The largest absolute Gasteiger partial charge is 0.324 e. The quantitative estimate of drug-likeness (QED) is 0.906. The average Bonchev–Trinajstić information content (AvgIpc) is 2.44. The summed E-state index contributed by atoms with van der Waals surface area (Å²) in [7, 11) is 0. The highest BCUT2D eigenvalue weighted by Crippen LogP contribution is 2.26. The van der Waals surface area contributed by atoms with Crippen molar-refractivity contribution in [3.05, 3.63) is 64.1 Å². The van der Waals surface area contributed by atoms with Gasteiger partial charge in [0.05, 0.1) is 10.0 Å². The number of rotatable bonds is 3. The summed E-state index contributed by atoms with van der Waals surface area (Å²) in [5.41, 5.74) is 6.28. The van der Waals surface area contributed by atoms with Crippen LogP contribution in [0.2, 0.25) is 10.0 Å². The lowest BCUT2D eigenvalue weighted by atomic mass is 9.92. The fourth-order valence-corrected chi connectivity index (χ4v) is 2.05. The predicted molar refractivity (Wildman–Crippen MR) is 83.1 cm³/mol. The molecule has 0 fully saturated rings. The van der Waals surface area contributed by atoms with Gasteiger partial charge >= 0.3 is 0 Å². The van der Waals surface area contributed by atoms with Crippen LogP contribution in [0, 0.1) is 0 Å². The first-order valence-electron chi connectivity index (χ1n) is 6.02. The minimum absolute atomic E-state index is 0.318. The molecule has 0 saturated heterocycles. The summed E-state index contributed by atoms with van der Waals surface area (Å²) in [6.45, 7) is 1.66. The van der Waals surface area contributed by atoms with Gasteiger partial charge in [-0.05, 0) is 30.7 Å². The van der Waals surface area contributed by atoms with E-state index in [0.717, 1.165) is 5.56 Å². The Bertz CT molecular complexity index is 627. The van der Waals surface area contributed by atoms with Crippen LogP contribution < -0.4 is 11.1 Å². The molecule has 0 heterocycles. The van der Waals surface area contributed by atoms with Crippen molar-refractivity contribution in [2.75, 3.05) is 5.32 Å². The second-order valence-electron chi connectivity index (χ2n) is 4.65. The first-order valence-corrected chi connectivity index (χ1v) is 6.78. The Morgan fingerprint density at radius 1 is 1.10 bits per heavy atom. The van der Waals surface area contributed by atoms with E-state index in [1.54, 1.807) is 25.1 Å². The predicted octanol–water partition coefficient (Wildman–Crippen LogP) is 3.81. The fraction of sp³-hybridized carbons (Fsp3) is 0.133. The molecular weight excluding hydrogens is 295 g/mol. The van der Waals surface area contributed by atoms with E-state index >= 15 is 0 Å². The van der Waals surface area contributed by atoms with E-state index < -0.39 is 5.54 Å². The minimum atomic E-state index is -1.13. The standard InChI is InChI=1S/C15H14Cl2N2O/c1-15(18,10-5-3-2-4-6-10)14(20)19-11-7-8-12(16)13(17)9-11/h2-9H,18H2,1H3,(H,19,20). The molecule has 2 aromatic rings. The summed E-state index contributed by atoms with van der Waals surface area (Å²) in [5, 5.41) is 3.55. The van der Waals surface area contributed by atoms with E-state index in [1.807, 2.05) is 30.3 Å². The van der Waals surface area contributed by atoms with Crippen molar-refractivity contribution in [3.63, 3.8) is 0 Å². The molecule has 2 aromatic carbocycles. The third-order valence-electron chi connectivity index (χ3n) is 3.02. The number of benzene rings is 2. The SMILES string of the molecule is CC(N)(C(=O)Nc1ccc(Cl)c(Cl)c1)c1ccccc1. The zero-order chi connectivity index (χ0) is 14.8. The van der Waals surface area contributed by atoms with E-state index in [9.17, 15) is 4.79 Å². The lowest BCUT2D eigenvalue weighted by Gasteiger charge is -2.24. The molecule has 1 unspecified atom stereocenters. The minimum Gasteiger partial charge on any atom is -0.324 e. The Hall–Kier alpha value is -1.55. The highest BCUT2D eigenvalue weighted by Gasteiger charge is 2.30. The topological polar surface area (TPSA) is 55.1 Å². The molecule has 0 bridgehead atoms. The number of nitrogens with one attached hydrogen (secondary N) is 1. The monoisotopic (exact) mass is 308 g/mol. The Morgan fingerprint density at radius 3 is 2.35 bits per heavy atom. The van der Waals surface area contributed by atoms with Crippen LogP contribution in [0.25, 0.3) is 0 Å². The maximum absolute atomic E-state index is 12.3. The van der Waals surface area contributed by atoms with Crippen LogP contribution in [-0.4, -0.2) is 5.91 Å². The van der Waals surface area contributed by atoms with E-state index in [4.69, 9.17) is 28.9 Å². The smallest absolute Gasteiger partial charge is 0.248 e. The van der Waals surface area contributed by atoms with Crippen LogP contribution in [-0.2, 0) is 10.3 Å². The number of nitrogens with two attached hydrogens (primary N) is 1. The molecule has 0 aliphatic rings. The number of anilines is 1. The van der Waals surface area contributed by atoms with Crippen molar-refractivity contribution in [2.24, 2.45) is 5.73 Å². The van der Waals surface area contributed by atoms with Gasteiger partial charge in [-0.2, -0.15) is 0 Å². The second kappa shape index (κ2) is 5.83. The highest BCUT2D eigenvalue weighted by atomic mass is 35.5. The molecule has 1 atom stereocenters. The van der Waals surface area contributed by atoms with Gasteiger partial charge in [0, 0.05) is 5.69 Å². The Balaban J connectivity index is 2.21. The number of carbonyl (C=O) groups is 1. The summed E-state index contributed by atoms with van der Waals surface area (Å²) in [6, 6.07) is 14.1. The lowest BCUT2D eigenvalue weighted by molar-refractivity contribution is -0.120. The molecule has 5 heteroatoms. The molecule has 0 radical (unpaired) electrons. The number of hydrogen-bond donors (Lipinski definition) is 2. The van der Waals surface area contributed by atoms with E-state index in [-0.39, 0.29) is 5.91 Å². The first kappa shape index (κ1) is 14.9. The van der Waals surface area contributed by atoms with Gasteiger partial charge in [-0.3, -0.25) is 4.79 Å². The van der Waals surface area contributed by atoms with Gasteiger partial charge in [-0.15, -0.1) is 0 Å². The van der Waals surface area contributed by atoms with Crippen molar-refractivity contribution in [2.45, 2.75) is 12.5 Å². The molecule has 20 heavy (non-hydrogen) atoms. The van der Waals surface area contributed by atoms with Crippen LogP contribution in [0.1, 0.15) is 12.5 Å². The van der Waals surface area contributed by atoms with Crippen molar-refractivity contribution in [1.29, 1.82) is 0 Å². The summed E-state index contributed by atoms with van der Waals surface area (Å²) in [4.78, 5) is 12.3. The number of hydrogen-bond acceptors (Lipinski definition) is 2. The molecule has 3 N–H and O–H groups in total. The summed E-state index contributed by atoms with van der Waals surface area (Å²) < 4.78 is 0. The van der Waals surface area contributed by atoms with Gasteiger partial charge < -0.3 is 11.1 Å². The van der Waals surface area contributed by atoms with Gasteiger partial charge in [-0.1, -0.05) is 53.5 Å². The Morgan fingerprint density at radius 2 is 1.75 bits per heavy atom. The lowest BCUT2D eigenvalue weighted by Crippen LogP contribution is -2.45. The molecule has 0 saturated carbocycles. The van der Waals surface area contributed by atoms with Gasteiger partial charge in [0.2, 0.25) is 5.91 Å². The molecule has 2 rings (SSSR count). The number of carbonyl (C=O) groups excluding carboxylic acids is 1. The van der Waals surface area contributed by atoms with E-state index in [1.165, 1.54) is 0 Å². The molecular formula is C15H14Cl2N2O. The summed E-state index contributed by atoms with van der Waals surface area (Å²) in [5.74, 6) is -0.318. The second-order valence-corrected chi connectivity index (χ2v) is 5.47. The first-order chi connectivity index (χ1) is 9.41. The third-order valence-corrected chi connectivity index (χ3v) is 3.76. The van der Waals surface area contributed by atoms with E-state index in [0.29, 0.717) is 15.7 Å². The number of amides is 1. The molecule has 0 aliphatic carbocycles. The molecule has 0 spiro atoms. The van der Waals surface area contributed by atoms with Gasteiger partial charge in [0.25, 0.3) is 0 Å². The fourth-order valence-electron chi connectivity index (χ4n) is 1.75. The molecule has 1 amide bonds. The molecule has 0 aliphatic heterocycles. The van der Waals surface area contributed by atoms with Crippen LogP contribution in [0.4, 0.5) is 5.69 Å². The maximum Gasteiger partial charge on any atom is 0.248 e. The summed E-state index contributed by atoms with van der Waals surface area (Å²) in [6.07, 6.45) is 0. The normalized spacial score (nSPS) is 13.6. The van der Waals surface area contributed by atoms with Crippen molar-refractivity contribution in [1.82, 2.24) is 0 Å². The van der Waals surface area contributed by atoms with Gasteiger partial charge in [0.15, 0.2) is 0 Å². The molecule has 3 nitrogen and oxygen atoms in total. The third kappa shape index (κ3) is 3.12. The van der Waals surface area contributed by atoms with Crippen molar-refractivity contribution >= 4 is 34.8 Å².